The standard InChI is InChI=1S/C20H35N3O3/c1-8-11-26-16-10-9-15(12-17(16)24-6)13-22-19(21-5)23-14-18(25-7)20(2,3)4/h9-10,12,18H,8,11,13-14H2,1-7H3,(H2,21,22,23). The van der Waals surface area contributed by atoms with E-state index >= 15 is 0 Å². The number of hydrogen-bond donors (Lipinski definition) is 2. The van der Waals surface area contributed by atoms with Crippen LogP contribution in [0.25, 0.3) is 0 Å². The lowest BCUT2D eigenvalue weighted by Gasteiger charge is -2.30. The molecule has 0 bridgehead atoms. The van der Waals surface area contributed by atoms with Crippen molar-refractivity contribution in [2.75, 3.05) is 34.4 Å². The molecule has 0 aliphatic rings. The summed E-state index contributed by atoms with van der Waals surface area (Å²) in [5.41, 5.74) is 1.15. The zero-order valence-electron chi connectivity index (χ0n) is 17.3. The van der Waals surface area contributed by atoms with Crippen LogP contribution >= 0.6 is 0 Å². The van der Waals surface area contributed by atoms with E-state index in [9.17, 15) is 0 Å². The predicted molar refractivity (Wildman–Crippen MR) is 107 cm³/mol. The highest BCUT2D eigenvalue weighted by Gasteiger charge is 2.24. The van der Waals surface area contributed by atoms with Crippen molar-refractivity contribution in [1.29, 1.82) is 0 Å². The van der Waals surface area contributed by atoms with Gasteiger partial charge in [-0.1, -0.05) is 33.8 Å². The van der Waals surface area contributed by atoms with Crippen LogP contribution < -0.4 is 20.1 Å². The van der Waals surface area contributed by atoms with E-state index in [1.807, 2.05) is 18.2 Å². The molecule has 0 aliphatic carbocycles. The molecule has 0 saturated heterocycles. The lowest BCUT2D eigenvalue weighted by molar-refractivity contribution is 0.0205. The number of aliphatic imine (C=N–C) groups is 1. The van der Waals surface area contributed by atoms with Gasteiger partial charge in [-0.3, -0.25) is 4.99 Å². The molecule has 0 fully saturated rings. The van der Waals surface area contributed by atoms with Crippen molar-refractivity contribution in [2.24, 2.45) is 10.4 Å². The molecule has 1 unspecified atom stereocenters. The second-order valence-electron chi connectivity index (χ2n) is 7.23. The van der Waals surface area contributed by atoms with Crippen molar-refractivity contribution in [3.05, 3.63) is 23.8 Å². The maximum Gasteiger partial charge on any atom is 0.191 e. The van der Waals surface area contributed by atoms with Gasteiger partial charge in [0.25, 0.3) is 0 Å². The summed E-state index contributed by atoms with van der Waals surface area (Å²) in [4.78, 5) is 4.28. The molecule has 6 heteroatoms. The van der Waals surface area contributed by atoms with Gasteiger partial charge in [-0.05, 0) is 29.5 Å². The minimum Gasteiger partial charge on any atom is -0.493 e. The van der Waals surface area contributed by atoms with Crippen molar-refractivity contribution in [3.63, 3.8) is 0 Å². The van der Waals surface area contributed by atoms with Crippen LogP contribution in [0.5, 0.6) is 11.5 Å². The van der Waals surface area contributed by atoms with E-state index in [2.05, 4.69) is 43.3 Å². The van der Waals surface area contributed by atoms with Crippen LogP contribution in [-0.2, 0) is 11.3 Å². The number of hydrogen-bond acceptors (Lipinski definition) is 4. The van der Waals surface area contributed by atoms with E-state index in [0.29, 0.717) is 19.7 Å². The van der Waals surface area contributed by atoms with Crippen LogP contribution in [0, 0.1) is 5.41 Å². The molecule has 0 saturated carbocycles. The van der Waals surface area contributed by atoms with E-state index in [4.69, 9.17) is 14.2 Å². The van der Waals surface area contributed by atoms with E-state index in [-0.39, 0.29) is 11.5 Å². The van der Waals surface area contributed by atoms with Gasteiger partial charge in [-0.2, -0.15) is 0 Å². The summed E-state index contributed by atoms with van der Waals surface area (Å²) in [6.45, 7) is 10.6. The highest BCUT2D eigenvalue weighted by molar-refractivity contribution is 5.79. The summed E-state index contributed by atoms with van der Waals surface area (Å²) in [7, 11) is 5.15. The molecule has 1 rings (SSSR count). The van der Waals surface area contributed by atoms with Gasteiger partial charge >= 0.3 is 0 Å². The number of benzene rings is 1. The smallest absolute Gasteiger partial charge is 0.191 e. The van der Waals surface area contributed by atoms with Crippen LogP contribution in [0.3, 0.4) is 0 Å². The third kappa shape index (κ3) is 7.12. The molecule has 148 valence electrons. The quantitative estimate of drug-likeness (QED) is 0.520. The summed E-state index contributed by atoms with van der Waals surface area (Å²) in [6.07, 6.45) is 1.06. The third-order valence-electron chi connectivity index (χ3n) is 4.08. The predicted octanol–water partition coefficient (Wildman–Crippen LogP) is 3.21. The Labute approximate surface area is 158 Å². The molecule has 0 heterocycles. The van der Waals surface area contributed by atoms with Gasteiger partial charge in [0.15, 0.2) is 17.5 Å². The van der Waals surface area contributed by atoms with Crippen molar-refractivity contribution >= 4 is 5.96 Å². The van der Waals surface area contributed by atoms with E-state index < -0.39 is 0 Å². The van der Waals surface area contributed by atoms with Crippen LogP contribution in [0.2, 0.25) is 0 Å². The fourth-order valence-corrected chi connectivity index (χ4v) is 2.49. The van der Waals surface area contributed by atoms with Gasteiger partial charge in [0.05, 0.1) is 19.8 Å². The normalized spacial score (nSPS) is 13.3. The molecule has 26 heavy (non-hydrogen) atoms. The van der Waals surface area contributed by atoms with Gasteiger partial charge in [0.2, 0.25) is 0 Å². The molecular weight excluding hydrogens is 330 g/mol. The Morgan fingerprint density at radius 2 is 1.88 bits per heavy atom. The van der Waals surface area contributed by atoms with Crippen molar-refractivity contribution in [3.8, 4) is 11.5 Å². The number of nitrogens with zero attached hydrogens (tertiary/aromatic N) is 1. The summed E-state index contributed by atoms with van der Waals surface area (Å²) in [6, 6.07) is 5.96. The lowest BCUT2D eigenvalue weighted by Crippen LogP contribution is -2.45. The average Bonchev–Trinajstić information content (AvgIpc) is 2.62. The summed E-state index contributed by atoms with van der Waals surface area (Å²) < 4.78 is 16.7. The van der Waals surface area contributed by atoms with Crippen LogP contribution in [0.15, 0.2) is 23.2 Å². The molecule has 6 nitrogen and oxygen atoms in total. The van der Waals surface area contributed by atoms with Gasteiger partial charge in [-0.15, -0.1) is 0 Å². The Balaban J connectivity index is 2.63. The van der Waals surface area contributed by atoms with Crippen LogP contribution in [-0.4, -0.2) is 46.5 Å². The fraction of sp³-hybridized carbons (Fsp3) is 0.650. The Kier molecular flexibility index (Phi) is 9.27. The Bertz CT molecular complexity index is 568. The first-order valence-corrected chi connectivity index (χ1v) is 9.12. The molecular formula is C20H35N3O3. The number of nitrogens with one attached hydrogen (secondary N) is 2. The first-order chi connectivity index (χ1) is 12.3. The summed E-state index contributed by atoms with van der Waals surface area (Å²) >= 11 is 0. The highest BCUT2D eigenvalue weighted by atomic mass is 16.5. The molecule has 0 amide bonds. The van der Waals surface area contributed by atoms with E-state index in [0.717, 1.165) is 29.4 Å². The number of methoxy groups -OCH3 is 2. The lowest BCUT2D eigenvalue weighted by atomic mass is 9.89. The topological polar surface area (TPSA) is 64.1 Å². The monoisotopic (exact) mass is 365 g/mol. The number of ether oxygens (including phenoxy) is 3. The Morgan fingerprint density at radius 1 is 1.15 bits per heavy atom. The van der Waals surface area contributed by atoms with E-state index in [1.165, 1.54) is 0 Å². The average molecular weight is 366 g/mol. The molecule has 1 aromatic rings. The molecule has 0 radical (unpaired) electrons. The largest absolute Gasteiger partial charge is 0.493 e. The van der Waals surface area contributed by atoms with Crippen molar-refractivity contribution in [1.82, 2.24) is 10.6 Å². The minimum atomic E-state index is 0.0578. The molecule has 2 N–H and O–H groups in total. The Hall–Kier alpha value is -1.95. The first kappa shape index (κ1) is 22.1. The molecule has 1 aromatic carbocycles. The van der Waals surface area contributed by atoms with Crippen LogP contribution in [0.1, 0.15) is 39.7 Å². The summed E-state index contributed by atoms with van der Waals surface area (Å²) in [5, 5.41) is 6.64. The SMILES string of the molecule is CCCOc1ccc(CNC(=NC)NCC(OC)C(C)(C)C)cc1OC. The van der Waals surface area contributed by atoms with Gasteiger partial charge in [-0.25, -0.2) is 0 Å². The van der Waals surface area contributed by atoms with Crippen molar-refractivity contribution in [2.45, 2.75) is 46.8 Å². The second kappa shape index (κ2) is 10.9. The maximum atomic E-state index is 5.69. The molecule has 0 aliphatic heterocycles. The van der Waals surface area contributed by atoms with Gasteiger partial charge in [0, 0.05) is 27.2 Å². The van der Waals surface area contributed by atoms with Crippen molar-refractivity contribution < 1.29 is 14.2 Å². The Morgan fingerprint density at radius 3 is 2.42 bits per heavy atom. The maximum absolute atomic E-state index is 5.69. The van der Waals surface area contributed by atoms with Gasteiger partial charge in [0.1, 0.15) is 0 Å². The first-order valence-electron chi connectivity index (χ1n) is 9.12. The third-order valence-corrected chi connectivity index (χ3v) is 4.08. The van der Waals surface area contributed by atoms with E-state index in [1.54, 1.807) is 21.3 Å². The zero-order chi connectivity index (χ0) is 19.6. The zero-order valence-corrected chi connectivity index (χ0v) is 17.3. The number of rotatable bonds is 9. The van der Waals surface area contributed by atoms with Gasteiger partial charge < -0.3 is 24.8 Å². The molecule has 0 aromatic heterocycles. The number of guanidine groups is 1. The van der Waals surface area contributed by atoms with Crippen LogP contribution in [0.4, 0.5) is 0 Å². The minimum absolute atomic E-state index is 0.0578. The summed E-state index contributed by atoms with van der Waals surface area (Å²) in [5.74, 6) is 2.25. The second-order valence-corrected chi connectivity index (χ2v) is 7.23. The molecule has 1 atom stereocenters. The molecule has 0 spiro atoms. The fourth-order valence-electron chi connectivity index (χ4n) is 2.49. The highest BCUT2D eigenvalue weighted by Crippen LogP contribution is 2.28.